The van der Waals surface area contributed by atoms with Crippen LogP contribution in [-0.4, -0.2) is 21.8 Å². The van der Waals surface area contributed by atoms with Crippen molar-refractivity contribution in [3.05, 3.63) is 105 Å². The lowest BCUT2D eigenvalue weighted by Crippen LogP contribution is -2.14. The van der Waals surface area contributed by atoms with Gasteiger partial charge in [0.2, 0.25) is 5.91 Å². The van der Waals surface area contributed by atoms with E-state index in [0.29, 0.717) is 27.5 Å². The van der Waals surface area contributed by atoms with E-state index in [1.807, 2.05) is 36.4 Å². The van der Waals surface area contributed by atoms with Gasteiger partial charge < -0.3 is 5.32 Å². The second-order valence-electron chi connectivity index (χ2n) is 8.56. The van der Waals surface area contributed by atoms with Crippen molar-refractivity contribution in [3.8, 4) is 27.9 Å². The summed E-state index contributed by atoms with van der Waals surface area (Å²) in [6.07, 6.45) is -0.0230. The van der Waals surface area contributed by atoms with Crippen molar-refractivity contribution >= 4 is 45.3 Å². The van der Waals surface area contributed by atoms with E-state index in [2.05, 4.69) is 20.6 Å². The van der Waals surface area contributed by atoms with Gasteiger partial charge in [0.05, 0.1) is 35.0 Å². The molecule has 0 fully saturated rings. The second kappa shape index (κ2) is 11.5. The molecule has 0 aliphatic carbocycles. The highest BCUT2D eigenvalue weighted by molar-refractivity contribution is 7.18. The summed E-state index contributed by atoms with van der Waals surface area (Å²) in [5, 5.41) is 15.0. The third-order valence-electron chi connectivity index (χ3n) is 5.74. The van der Waals surface area contributed by atoms with E-state index in [4.69, 9.17) is 5.26 Å². The summed E-state index contributed by atoms with van der Waals surface area (Å²) in [5.74, 6) is -2.38. The Morgan fingerprint density at radius 2 is 1.65 bits per heavy atom. The Kier molecular flexibility index (Phi) is 7.72. The molecule has 0 bridgehead atoms. The summed E-state index contributed by atoms with van der Waals surface area (Å²) in [6, 6.07) is 21.4. The predicted molar refractivity (Wildman–Crippen MR) is 151 cm³/mol. The van der Waals surface area contributed by atoms with Gasteiger partial charge in [0.25, 0.3) is 5.91 Å². The Morgan fingerprint density at radius 1 is 0.925 bits per heavy atom. The molecule has 5 aromatic rings. The molecule has 5 rings (SSSR count). The van der Waals surface area contributed by atoms with Crippen molar-refractivity contribution in [3.63, 3.8) is 0 Å². The minimum Gasteiger partial charge on any atom is -0.326 e. The number of halogens is 2. The van der Waals surface area contributed by atoms with Crippen molar-refractivity contribution in [2.75, 3.05) is 10.6 Å². The third-order valence-corrected chi connectivity index (χ3v) is 7.89. The Hall–Kier alpha value is -4.79. The van der Waals surface area contributed by atoms with Crippen molar-refractivity contribution < 1.29 is 18.4 Å². The van der Waals surface area contributed by atoms with Crippen LogP contribution in [0.5, 0.6) is 0 Å². The molecule has 2 aromatic heterocycles. The molecule has 11 heteroatoms. The average molecular weight is 572 g/mol. The van der Waals surface area contributed by atoms with Gasteiger partial charge in [-0.15, -0.1) is 22.7 Å². The monoisotopic (exact) mass is 571 g/mol. The molecule has 0 atom stereocenters. The minimum atomic E-state index is -0.768. The lowest BCUT2D eigenvalue weighted by Gasteiger charge is -2.06. The summed E-state index contributed by atoms with van der Waals surface area (Å²) >= 11 is 2.02. The Bertz CT molecular complexity index is 1760. The van der Waals surface area contributed by atoms with Gasteiger partial charge in [0.1, 0.15) is 21.5 Å². The van der Waals surface area contributed by atoms with Gasteiger partial charge >= 0.3 is 0 Å². The normalized spacial score (nSPS) is 10.7. The number of thiazole rings is 2. The van der Waals surface area contributed by atoms with E-state index in [9.17, 15) is 18.4 Å². The maximum absolute atomic E-state index is 14.3. The molecule has 3 aromatic carbocycles. The highest BCUT2D eigenvalue weighted by Crippen LogP contribution is 2.35. The van der Waals surface area contributed by atoms with Gasteiger partial charge in [-0.2, -0.15) is 5.26 Å². The smallest absolute Gasteiger partial charge is 0.269 e. The molecule has 198 valence electrons. The molecule has 2 heterocycles. The fourth-order valence-corrected chi connectivity index (χ4v) is 5.92. The number of hydrogen-bond donors (Lipinski definition) is 2. The molecule has 0 aliphatic rings. The topological polar surface area (TPSA) is 108 Å². The van der Waals surface area contributed by atoms with Crippen molar-refractivity contribution in [2.24, 2.45) is 0 Å². The minimum absolute atomic E-state index is 0.0230. The Balaban J connectivity index is 1.40. The fraction of sp³-hybridized carbons (Fsp3) is 0.0690. The molecule has 0 aliphatic heterocycles. The van der Waals surface area contributed by atoms with Crippen LogP contribution >= 0.6 is 22.7 Å². The molecule has 2 N–H and O–H groups in total. The van der Waals surface area contributed by atoms with Gasteiger partial charge in [-0.3, -0.25) is 14.9 Å². The standard InChI is InChI=1S/C29H19F2N5O2S2/c1-16-26(40-28(33-16)24-20(30)11-6-12-21(24)31)27(38)36-29-35-25(18-8-3-2-4-9-18)22(39-29)14-23(37)34-19-10-5-7-17(13-19)15-32/h2-13H,14H2,1H3,(H,34,37)(H,35,36,38). The molecule has 40 heavy (non-hydrogen) atoms. The first kappa shape index (κ1) is 26.8. The predicted octanol–water partition coefficient (Wildman–Crippen LogP) is 6.83. The largest absolute Gasteiger partial charge is 0.326 e. The summed E-state index contributed by atoms with van der Waals surface area (Å²) in [4.78, 5) is 35.6. The molecule has 0 saturated carbocycles. The van der Waals surface area contributed by atoms with Gasteiger partial charge in [0, 0.05) is 16.1 Å². The maximum atomic E-state index is 14.3. The number of aromatic nitrogens is 2. The number of nitrogens with one attached hydrogen (secondary N) is 2. The Labute approximate surface area is 235 Å². The summed E-state index contributed by atoms with van der Waals surface area (Å²) < 4.78 is 28.6. The van der Waals surface area contributed by atoms with Crippen LogP contribution in [0.4, 0.5) is 19.6 Å². The number of benzene rings is 3. The van der Waals surface area contributed by atoms with Crippen molar-refractivity contribution in [1.29, 1.82) is 5.26 Å². The van der Waals surface area contributed by atoms with E-state index < -0.39 is 17.5 Å². The van der Waals surface area contributed by atoms with E-state index in [0.717, 1.165) is 40.4 Å². The van der Waals surface area contributed by atoms with E-state index in [-0.39, 0.29) is 32.9 Å². The highest BCUT2D eigenvalue weighted by Gasteiger charge is 2.23. The molecule has 0 radical (unpaired) electrons. The molecule has 0 spiro atoms. The van der Waals surface area contributed by atoms with Crippen LogP contribution in [0.25, 0.3) is 21.8 Å². The average Bonchev–Trinajstić information content (AvgIpc) is 3.51. The van der Waals surface area contributed by atoms with E-state index in [1.54, 1.807) is 31.2 Å². The summed E-state index contributed by atoms with van der Waals surface area (Å²) in [6.45, 7) is 1.59. The van der Waals surface area contributed by atoms with E-state index >= 15 is 0 Å². The first-order chi connectivity index (χ1) is 19.3. The maximum Gasteiger partial charge on any atom is 0.269 e. The van der Waals surface area contributed by atoms with E-state index in [1.165, 1.54) is 6.07 Å². The number of aryl methyl sites for hydroxylation is 1. The summed E-state index contributed by atoms with van der Waals surface area (Å²) in [7, 11) is 0. The number of nitrogens with zero attached hydrogens (tertiary/aromatic N) is 3. The number of nitriles is 1. The molecule has 7 nitrogen and oxygen atoms in total. The second-order valence-corrected chi connectivity index (χ2v) is 10.6. The number of amides is 2. The number of hydrogen-bond acceptors (Lipinski definition) is 7. The zero-order valence-corrected chi connectivity index (χ0v) is 22.5. The van der Waals surface area contributed by atoms with Crippen LogP contribution in [0.3, 0.4) is 0 Å². The van der Waals surface area contributed by atoms with Crippen molar-refractivity contribution in [2.45, 2.75) is 13.3 Å². The lowest BCUT2D eigenvalue weighted by molar-refractivity contribution is -0.115. The quantitative estimate of drug-likeness (QED) is 0.223. The Morgan fingerprint density at radius 3 is 2.38 bits per heavy atom. The van der Waals surface area contributed by atoms with Gasteiger partial charge in [0.15, 0.2) is 5.13 Å². The third kappa shape index (κ3) is 5.78. The van der Waals surface area contributed by atoms with Crippen LogP contribution in [-0.2, 0) is 11.2 Å². The number of carbonyl (C=O) groups excluding carboxylic acids is 2. The number of rotatable bonds is 7. The van der Waals surface area contributed by atoms with Gasteiger partial charge in [-0.05, 0) is 37.3 Å². The summed E-state index contributed by atoms with van der Waals surface area (Å²) in [5.41, 5.74) is 2.25. The van der Waals surface area contributed by atoms with Gasteiger partial charge in [-0.25, -0.2) is 18.7 Å². The van der Waals surface area contributed by atoms with Crippen LogP contribution in [0, 0.1) is 29.9 Å². The van der Waals surface area contributed by atoms with Gasteiger partial charge in [-0.1, -0.05) is 42.5 Å². The SMILES string of the molecule is Cc1nc(-c2c(F)cccc2F)sc1C(=O)Nc1nc(-c2ccccc2)c(CC(=O)Nc2cccc(C#N)c2)s1. The first-order valence-corrected chi connectivity index (χ1v) is 13.5. The molecular weight excluding hydrogens is 552 g/mol. The van der Waals surface area contributed by atoms with Crippen LogP contribution in [0.1, 0.15) is 25.8 Å². The first-order valence-electron chi connectivity index (χ1n) is 11.9. The molecular formula is C29H19F2N5O2S2. The zero-order chi connectivity index (χ0) is 28.2. The number of carbonyl (C=O) groups is 2. The molecule has 2 amide bonds. The van der Waals surface area contributed by atoms with Crippen LogP contribution in [0.15, 0.2) is 72.8 Å². The lowest BCUT2D eigenvalue weighted by atomic mass is 10.1. The zero-order valence-electron chi connectivity index (χ0n) is 20.9. The molecule has 0 unspecified atom stereocenters. The molecule has 0 saturated heterocycles. The van der Waals surface area contributed by atoms with Crippen LogP contribution < -0.4 is 10.6 Å². The number of anilines is 2. The fourth-order valence-electron chi connectivity index (χ4n) is 3.93. The van der Waals surface area contributed by atoms with Crippen molar-refractivity contribution in [1.82, 2.24) is 9.97 Å². The highest BCUT2D eigenvalue weighted by atomic mass is 32.1. The van der Waals surface area contributed by atoms with Crippen LogP contribution in [0.2, 0.25) is 0 Å².